The molecule has 184 valence electrons. The van der Waals surface area contributed by atoms with Crippen molar-refractivity contribution in [2.75, 3.05) is 0 Å². The third kappa shape index (κ3) is 6.29. The lowest BCUT2D eigenvalue weighted by atomic mass is 9.74. The molecule has 0 N–H and O–H groups in total. The van der Waals surface area contributed by atoms with E-state index >= 15 is 0 Å². The number of hydrogen-bond donors (Lipinski definition) is 0. The maximum atomic E-state index is 13.3. The highest BCUT2D eigenvalue weighted by molar-refractivity contribution is 5.82. The van der Waals surface area contributed by atoms with Crippen LogP contribution in [0.15, 0.2) is 0 Å². The minimum absolute atomic E-state index is 0.00522. The minimum atomic E-state index is -0.334. The first-order valence-electron chi connectivity index (χ1n) is 13.6. The van der Waals surface area contributed by atoms with Gasteiger partial charge in [0.25, 0.3) is 0 Å². The second kappa shape index (κ2) is 11.4. The molecule has 3 saturated carbocycles. The zero-order chi connectivity index (χ0) is 23.4. The molecule has 0 aromatic carbocycles. The monoisotopic (exact) mass is 448 g/mol. The highest BCUT2D eigenvalue weighted by atomic mass is 16.6. The molecule has 0 aliphatic heterocycles. The van der Waals surface area contributed by atoms with E-state index in [9.17, 15) is 9.59 Å². The van der Waals surface area contributed by atoms with Crippen molar-refractivity contribution in [3.63, 3.8) is 0 Å². The number of esters is 2. The van der Waals surface area contributed by atoms with Crippen molar-refractivity contribution < 1.29 is 19.1 Å². The van der Waals surface area contributed by atoms with Crippen molar-refractivity contribution >= 4 is 11.9 Å². The van der Waals surface area contributed by atoms with Gasteiger partial charge in [0.2, 0.25) is 0 Å². The summed E-state index contributed by atoms with van der Waals surface area (Å²) in [7, 11) is 0. The third-order valence-electron chi connectivity index (χ3n) is 8.83. The standard InChI is InChI=1S/C28H48O4/c1-17(2)21-13-11-19(5)15-25(21)31-27(29)23-9-7-8-10-24(23)28(30)32-26-16-20(6)12-14-22(26)18(3)4/h17-26H,7-16H2,1-6H3/t19-,20-,21+,22+,23+,24+,25-,26-/m1/s1. The highest BCUT2D eigenvalue weighted by Crippen LogP contribution is 2.40. The topological polar surface area (TPSA) is 52.6 Å². The van der Waals surface area contributed by atoms with Gasteiger partial charge in [0.05, 0.1) is 11.8 Å². The summed E-state index contributed by atoms with van der Waals surface area (Å²) < 4.78 is 12.4. The predicted octanol–water partition coefficient (Wildman–Crippen LogP) is 6.80. The van der Waals surface area contributed by atoms with Gasteiger partial charge in [-0.1, -0.05) is 67.2 Å². The van der Waals surface area contributed by atoms with Crippen molar-refractivity contribution in [2.45, 2.75) is 118 Å². The van der Waals surface area contributed by atoms with E-state index < -0.39 is 0 Å². The molecule has 0 bridgehead atoms. The molecule has 0 aromatic heterocycles. The average Bonchev–Trinajstić information content (AvgIpc) is 2.73. The van der Waals surface area contributed by atoms with Crippen molar-refractivity contribution in [1.29, 1.82) is 0 Å². The van der Waals surface area contributed by atoms with E-state index in [0.29, 0.717) is 35.5 Å². The minimum Gasteiger partial charge on any atom is -0.462 e. The van der Waals surface area contributed by atoms with Gasteiger partial charge in [0.15, 0.2) is 0 Å². The fourth-order valence-electron chi connectivity index (χ4n) is 6.67. The van der Waals surface area contributed by atoms with Crippen LogP contribution < -0.4 is 0 Å². The van der Waals surface area contributed by atoms with Crippen molar-refractivity contribution in [3.05, 3.63) is 0 Å². The van der Waals surface area contributed by atoms with Gasteiger partial charge in [-0.15, -0.1) is 0 Å². The van der Waals surface area contributed by atoms with E-state index in [4.69, 9.17) is 9.47 Å². The normalized spacial score (nSPS) is 38.5. The van der Waals surface area contributed by atoms with Gasteiger partial charge in [-0.3, -0.25) is 9.59 Å². The molecule has 3 aliphatic carbocycles. The van der Waals surface area contributed by atoms with E-state index in [1.165, 1.54) is 12.8 Å². The van der Waals surface area contributed by atoms with Gasteiger partial charge in [0, 0.05) is 0 Å². The van der Waals surface area contributed by atoms with E-state index in [1.807, 2.05) is 0 Å². The third-order valence-corrected chi connectivity index (χ3v) is 8.83. The van der Waals surface area contributed by atoms with Crippen molar-refractivity contribution in [1.82, 2.24) is 0 Å². The molecule has 3 aliphatic rings. The summed E-state index contributed by atoms with van der Waals surface area (Å²) in [5, 5.41) is 0. The lowest BCUT2D eigenvalue weighted by Gasteiger charge is -2.39. The fourth-order valence-corrected chi connectivity index (χ4v) is 6.67. The Kier molecular flexibility index (Phi) is 9.09. The summed E-state index contributed by atoms with van der Waals surface area (Å²) in [5.74, 6) is 2.11. The van der Waals surface area contributed by atoms with Crippen LogP contribution in [-0.2, 0) is 19.1 Å². The molecule has 8 atom stereocenters. The maximum Gasteiger partial charge on any atom is 0.310 e. The molecule has 0 aromatic rings. The van der Waals surface area contributed by atoms with Gasteiger partial charge in [-0.25, -0.2) is 0 Å². The van der Waals surface area contributed by atoms with E-state index in [0.717, 1.165) is 51.4 Å². The quantitative estimate of drug-likeness (QED) is 0.419. The Bertz CT molecular complexity index is 573. The van der Waals surface area contributed by atoms with Crippen LogP contribution in [0.25, 0.3) is 0 Å². The second-order valence-electron chi connectivity index (χ2n) is 12.1. The number of carbonyl (C=O) groups is 2. The summed E-state index contributed by atoms with van der Waals surface area (Å²) in [6, 6.07) is 0. The Hall–Kier alpha value is -1.06. The smallest absolute Gasteiger partial charge is 0.310 e. The number of hydrogen-bond acceptors (Lipinski definition) is 4. The summed E-state index contributed by atoms with van der Waals surface area (Å²) in [4.78, 5) is 26.7. The van der Waals surface area contributed by atoms with E-state index in [-0.39, 0.29) is 36.0 Å². The van der Waals surface area contributed by atoms with Gasteiger partial charge in [-0.2, -0.15) is 0 Å². The summed E-state index contributed by atoms with van der Waals surface area (Å²) in [6.07, 6.45) is 10.1. The molecule has 3 fully saturated rings. The lowest BCUT2D eigenvalue weighted by molar-refractivity contribution is -0.175. The molecule has 0 saturated heterocycles. The van der Waals surface area contributed by atoms with Crippen LogP contribution >= 0.6 is 0 Å². The van der Waals surface area contributed by atoms with Crippen LogP contribution in [0.1, 0.15) is 106 Å². The number of carbonyl (C=O) groups excluding carboxylic acids is 2. The Morgan fingerprint density at radius 3 is 1.34 bits per heavy atom. The number of rotatable bonds is 6. The van der Waals surface area contributed by atoms with Crippen molar-refractivity contribution in [3.8, 4) is 0 Å². The predicted molar refractivity (Wildman–Crippen MR) is 128 cm³/mol. The SMILES string of the molecule is CC(C)[C@@H]1CC[C@@H](C)C[C@H]1OC(=O)[C@H]1CCCC[C@@H]1C(=O)O[C@@H]1C[C@H](C)CC[C@H]1C(C)C. The van der Waals surface area contributed by atoms with Crippen LogP contribution in [0.3, 0.4) is 0 Å². The molecule has 0 heterocycles. The molecule has 0 spiro atoms. The molecule has 0 amide bonds. The number of ether oxygens (including phenoxy) is 2. The Labute approximate surface area is 196 Å². The van der Waals surface area contributed by atoms with Gasteiger partial charge < -0.3 is 9.47 Å². The van der Waals surface area contributed by atoms with Crippen LogP contribution in [0, 0.1) is 47.3 Å². The molecule has 0 unspecified atom stereocenters. The Balaban J connectivity index is 1.66. The first kappa shape index (κ1) is 25.6. The van der Waals surface area contributed by atoms with Gasteiger partial charge in [0.1, 0.15) is 12.2 Å². The first-order valence-corrected chi connectivity index (χ1v) is 13.6. The summed E-state index contributed by atoms with van der Waals surface area (Å²) in [5.41, 5.74) is 0. The zero-order valence-electron chi connectivity index (χ0n) is 21.5. The Morgan fingerprint density at radius 1 is 0.625 bits per heavy atom. The van der Waals surface area contributed by atoms with Crippen LogP contribution in [0.4, 0.5) is 0 Å². The van der Waals surface area contributed by atoms with Crippen molar-refractivity contribution in [2.24, 2.45) is 47.3 Å². The first-order chi connectivity index (χ1) is 15.2. The molecule has 4 nitrogen and oxygen atoms in total. The largest absolute Gasteiger partial charge is 0.462 e. The zero-order valence-corrected chi connectivity index (χ0v) is 21.5. The van der Waals surface area contributed by atoms with E-state index in [1.54, 1.807) is 0 Å². The molecular formula is C28H48O4. The van der Waals surface area contributed by atoms with Crippen LogP contribution in [-0.4, -0.2) is 24.1 Å². The summed E-state index contributed by atoms with van der Waals surface area (Å²) >= 11 is 0. The Morgan fingerprint density at radius 2 is 1.00 bits per heavy atom. The van der Waals surface area contributed by atoms with Crippen LogP contribution in [0.5, 0.6) is 0 Å². The molecule has 4 heteroatoms. The maximum absolute atomic E-state index is 13.3. The van der Waals surface area contributed by atoms with Crippen LogP contribution in [0.2, 0.25) is 0 Å². The molecule has 3 rings (SSSR count). The molecule has 32 heavy (non-hydrogen) atoms. The highest BCUT2D eigenvalue weighted by Gasteiger charge is 2.43. The molecular weight excluding hydrogens is 400 g/mol. The average molecular weight is 449 g/mol. The van der Waals surface area contributed by atoms with Gasteiger partial charge in [-0.05, 0) is 74.0 Å². The van der Waals surface area contributed by atoms with E-state index in [2.05, 4.69) is 41.5 Å². The van der Waals surface area contributed by atoms with Gasteiger partial charge >= 0.3 is 11.9 Å². The fraction of sp³-hybridized carbons (Fsp3) is 0.929. The lowest BCUT2D eigenvalue weighted by Crippen LogP contribution is -2.43. The second-order valence-corrected chi connectivity index (χ2v) is 12.1. The summed E-state index contributed by atoms with van der Waals surface area (Å²) in [6.45, 7) is 13.5. The molecule has 0 radical (unpaired) electrons.